The fourth-order valence-electron chi connectivity index (χ4n) is 0.605. The third kappa shape index (κ3) is 4.30. The fourth-order valence-corrected chi connectivity index (χ4v) is 0.605. The Balaban J connectivity index is 3.20. The van der Waals surface area contributed by atoms with Crippen LogP contribution in [-0.4, -0.2) is 19.8 Å². The van der Waals surface area contributed by atoms with E-state index in [1.165, 1.54) is 0 Å². The van der Waals surface area contributed by atoms with Crippen LogP contribution in [0.5, 0.6) is 0 Å². The van der Waals surface area contributed by atoms with E-state index in [1.807, 2.05) is 6.92 Å². The van der Waals surface area contributed by atoms with Crippen molar-refractivity contribution in [3.8, 4) is 6.07 Å². The molecule has 0 rings (SSSR count). The van der Waals surface area contributed by atoms with Gasteiger partial charge in [0.25, 0.3) is 0 Å². The lowest BCUT2D eigenvalue weighted by Gasteiger charge is -2.04. The Morgan fingerprint density at radius 3 is 2.80 bits per heavy atom. The molecular formula is C7H14N2O. The van der Waals surface area contributed by atoms with Crippen LogP contribution in [0.25, 0.3) is 0 Å². The summed E-state index contributed by atoms with van der Waals surface area (Å²) in [7, 11) is 0. The Hall–Kier alpha value is -0.590. The van der Waals surface area contributed by atoms with Crippen molar-refractivity contribution in [2.45, 2.75) is 13.3 Å². The number of ether oxygens (including phenoxy) is 1. The minimum Gasteiger partial charge on any atom is -0.382 e. The lowest BCUT2D eigenvalue weighted by molar-refractivity contribution is 0.138. The smallest absolute Gasteiger partial charge is 0.0670 e. The van der Waals surface area contributed by atoms with Crippen molar-refractivity contribution in [2.75, 3.05) is 19.8 Å². The Labute approximate surface area is 61.8 Å². The lowest BCUT2D eigenvalue weighted by atomic mass is 10.1. The molecule has 0 aromatic heterocycles. The van der Waals surface area contributed by atoms with Crippen LogP contribution in [0.3, 0.4) is 0 Å². The van der Waals surface area contributed by atoms with E-state index < -0.39 is 0 Å². The molecular weight excluding hydrogens is 128 g/mol. The van der Waals surface area contributed by atoms with Gasteiger partial charge in [0.15, 0.2) is 0 Å². The van der Waals surface area contributed by atoms with Gasteiger partial charge >= 0.3 is 0 Å². The zero-order valence-electron chi connectivity index (χ0n) is 6.34. The number of nitrogens with zero attached hydrogens (tertiary/aromatic N) is 1. The Morgan fingerprint density at radius 2 is 2.40 bits per heavy atom. The number of nitriles is 1. The van der Waals surface area contributed by atoms with Crippen LogP contribution in [0.1, 0.15) is 13.3 Å². The molecule has 58 valence electrons. The maximum atomic E-state index is 8.44. The van der Waals surface area contributed by atoms with Crippen molar-refractivity contribution >= 4 is 0 Å². The number of rotatable bonds is 5. The first-order valence-electron chi connectivity index (χ1n) is 3.52. The summed E-state index contributed by atoms with van der Waals surface area (Å²) in [5, 5.41) is 8.44. The second-order valence-electron chi connectivity index (χ2n) is 2.05. The standard InChI is InChI=1S/C7H14N2O/c1-2-10-4-3-7(5-8)6-9/h7H,2-5,8H2,1H3. The first kappa shape index (κ1) is 9.41. The summed E-state index contributed by atoms with van der Waals surface area (Å²) in [5.41, 5.74) is 5.29. The average Bonchev–Trinajstić information content (AvgIpc) is 1.99. The van der Waals surface area contributed by atoms with Gasteiger partial charge < -0.3 is 10.5 Å². The maximum absolute atomic E-state index is 8.44. The molecule has 0 aliphatic rings. The molecule has 3 nitrogen and oxygen atoms in total. The summed E-state index contributed by atoms with van der Waals surface area (Å²) in [6, 6.07) is 2.11. The lowest BCUT2D eigenvalue weighted by Crippen LogP contribution is -2.14. The van der Waals surface area contributed by atoms with E-state index in [0.29, 0.717) is 19.8 Å². The van der Waals surface area contributed by atoms with Crippen molar-refractivity contribution in [1.29, 1.82) is 5.26 Å². The van der Waals surface area contributed by atoms with Crippen molar-refractivity contribution in [1.82, 2.24) is 0 Å². The molecule has 1 unspecified atom stereocenters. The number of hydrogen-bond acceptors (Lipinski definition) is 3. The zero-order valence-corrected chi connectivity index (χ0v) is 6.34. The van der Waals surface area contributed by atoms with Crippen molar-refractivity contribution in [3.05, 3.63) is 0 Å². The highest BCUT2D eigenvalue weighted by Gasteiger charge is 2.02. The van der Waals surface area contributed by atoms with Gasteiger partial charge in [0.05, 0.1) is 12.0 Å². The van der Waals surface area contributed by atoms with Crippen LogP contribution in [-0.2, 0) is 4.74 Å². The van der Waals surface area contributed by atoms with E-state index in [1.54, 1.807) is 0 Å². The van der Waals surface area contributed by atoms with E-state index in [9.17, 15) is 0 Å². The Morgan fingerprint density at radius 1 is 1.70 bits per heavy atom. The molecule has 0 aromatic rings. The topological polar surface area (TPSA) is 59.0 Å². The summed E-state index contributed by atoms with van der Waals surface area (Å²) in [4.78, 5) is 0. The van der Waals surface area contributed by atoms with E-state index in [-0.39, 0.29) is 5.92 Å². The van der Waals surface area contributed by atoms with Gasteiger partial charge in [-0.1, -0.05) is 0 Å². The van der Waals surface area contributed by atoms with E-state index in [2.05, 4.69) is 6.07 Å². The van der Waals surface area contributed by atoms with Crippen LogP contribution in [0, 0.1) is 17.2 Å². The largest absolute Gasteiger partial charge is 0.382 e. The van der Waals surface area contributed by atoms with Crippen LogP contribution in [0.15, 0.2) is 0 Å². The Kier molecular flexibility index (Phi) is 6.14. The summed E-state index contributed by atoms with van der Waals surface area (Å²) in [5.74, 6) is -0.0356. The van der Waals surface area contributed by atoms with Gasteiger partial charge in [-0.05, 0) is 13.3 Å². The monoisotopic (exact) mass is 142 g/mol. The molecule has 0 radical (unpaired) electrons. The van der Waals surface area contributed by atoms with Crippen LogP contribution in [0.4, 0.5) is 0 Å². The summed E-state index contributed by atoms with van der Waals surface area (Å²) in [6.45, 7) is 3.72. The van der Waals surface area contributed by atoms with Gasteiger partial charge in [-0.25, -0.2) is 0 Å². The van der Waals surface area contributed by atoms with Crippen molar-refractivity contribution < 1.29 is 4.74 Å². The van der Waals surface area contributed by atoms with Gasteiger partial charge in [-0.15, -0.1) is 0 Å². The molecule has 2 N–H and O–H groups in total. The second kappa shape index (κ2) is 6.53. The van der Waals surface area contributed by atoms with E-state index in [4.69, 9.17) is 15.7 Å². The summed E-state index contributed by atoms with van der Waals surface area (Å²) < 4.78 is 5.06. The maximum Gasteiger partial charge on any atom is 0.0670 e. The normalized spacial score (nSPS) is 12.5. The minimum absolute atomic E-state index is 0.0356. The van der Waals surface area contributed by atoms with Gasteiger partial charge in [-0.2, -0.15) is 5.26 Å². The van der Waals surface area contributed by atoms with Gasteiger partial charge in [0.1, 0.15) is 0 Å². The molecule has 0 heterocycles. The molecule has 0 saturated heterocycles. The minimum atomic E-state index is -0.0356. The van der Waals surface area contributed by atoms with E-state index >= 15 is 0 Å². The number of nitrogens with two attached hydrogens (primary N) is 1. The zero-order chi connectivity index (χ0) is 7.82. The summed E-state index contributed by atoms with van der Waals surface area (Å²) in [6.07, 6.45) is 0.751. The van der Waals surface area contributed by atoms with Gasteiger partial charge in [0, 0.05) is 19.8 Å². The molecule has 0 spiro atoms. The van der Waals surface area contributed by atoms with Crippen molar-refractivity contribution in [2.24, 2.45) is 11.7 Å². The van der Waals surface area contributed by atoms with E-state index in [0.717, 1.165) is 6.42 Å². The fraction of sp³-hybridized carbons (Fsp3) is 0.857. The molecule has 0 aliphatic heterocycles. The molecule has 0 aliphatic carbocycles. The third-order valence-corrected chi connectivity index (χ3v) is 1.28. The molecule has 1 atom stereocenters. The molecule has 3 heteroatoms. The third-order valence-electron chi connectivity index (χ3n) is 1.28. The quantitative estimate of drug-likeness (QED) is 0.569. The first-order chi connectivity index (χ1) is 4.85. The molecule has 0 saturated carbocycles. The molecule has 0 aromatic carbocycles. The van der Waals surface area contributed by atoms with Crippen LogP contribution >= 0.6 is 0 Å². The molecule has 0 amide bonds. The molecule has 10 heavy (non-hydrogen) atoms. The first-order valence-corrected chi connectivity index (χ1v) is 3.52. The Bertz CT molecular complexity index is 109. The number of hydrogen-bond donors (Lipinski definition) is 1. The van der Waals surface area contributed by atoms with Gasteiger partial charge in [-0.3, -0.25) is 0 Å². The van der Waals surface area contributed by atoms with Crippen molar-refractivity contribution in [3.63, 3.8) is 0 Å². The predicted molar refractivity (Wildman–Crippen MR) is 39.3 cm³/mol. The predicted octanol–water partition coefficient (Wildman–Crippen LogP) is 0.511. The van der Waals surface area contributed by atoms with Crippen LogP contribution < -0.4 is 5.73 Å². The van der Waals surface area contributed by atoms with Gasteiger partial charge in [0.2, 0.25) is 0 Å². The SMILES string of the molecule is CCOCCC(C#N)CN. The average molecular weight is 142 g/mol. The summed E-state index contributed by atoms with van der Waals surface area (Å²) >= 11 is 0. The molecule has 0 bridgehead atoms. The highest BCUT2D eigenvalue weighted by atomic mass is 16.5. The second-order valence-corrected chi connectivity index (χ2v) is 2.05. The highest BCUT2D eigenvalue weighted by molar-refractivity contribution is 4.82. The highest BCUT2D eigenvalue weighted by Crippen LogP contribution is 1.98. The molecule has 0 fully saturated rings. The van der Waals surface area contributed by atoms with Crippen LogP contribution in [0.2, 0.25) is 0 Å².